The van der Waals surface area contributed by atoms with E-state index in [0.29, 0.717) is 22.4 Å². The van der Waals surface area contributed by atoms with E-state index in [1.165, 1.54) is 11.3 Å². The van der Waals surface area contributed by atoms with Crippen molar-refractivity contribution >= 4 is 17.2 Å². The van der Waals surface area contributed by atoms with Crippen LogP contribution in [0.2, 0.25) is 0 Å². The third-order valence-corrected chi connectivity index (χ3v) is 5.51. The number of nitrogens with zero attached hydrogens (tertiary/aromatic N) is 2. The van der Waals surface area contributed by atoms with Crippen LogP contribution in [0.4, 0.5) is 0 Å². The van der Waals surface area contributed by atoms with Crippen LogP contribution in [0.3, 0.4) is 0 Å². The van der Waals surface area contributed by atoms with Crippen LogP contribution in [0.15, 0.2) is 41.9 Å². The number of rotatable bonds is 7. The highest BCUT2D eigenvalue weighted by Gasteiger charge is 2.26. The van der Waals surface area contributed by atoms with Gasteiger partial charge in [-0.05, 0) is 61.2 Å². The number of benzene rings is 2. The molecule has 8 heteroatoms. The maximum absolute atomic E-state index is 12.1. The summed E-state index contributed by atoms with van der Waals surface area (Å²) in [5.74, 6) is 1.93. The van der Waals surface area contributed by atoms with Crippen molar-refractivity contribution in [2.75, 3.05) is 7.11 Å². The van der Waals surface area contributed by atoms with Gasteiger partial charge in [0.25, 0.3) is 11.1 Å². The molecule has 0 aliphatic heterocycles. The predicted octanol–water partition coefficient (Wildman–Crippen LogP) is 4.52. The van der Waals surface area contributed by atoms with E-state index < -0.39 is 0 Å². The molecule has 0 saturated heterocycles. The molecule has 1 saturated carbocycles. The summed E-state index contributed by atoms with van der Waals surface area (Å²) in [5, 5.41) is 8.18. The topological polar surface area (TPSA) is 82.6 Å². The first-order chi connectivity index (χ1) is 14.1. The number of ether oxygens (including phenoxy) is 2. The van der Waals surface area contributed by atoms with Crippen LogP contribution >= 0.6 is 11.3 Å². The fourth-order valence-electron chi connectivity index (χ4n) is 3.04. The van der Waals surface area contributed by atoms with Crippen molar-refractivity contribution in [2.24, 2.45) is 5.92 Å². The van der Waals surface area contributed by atoms with E-state index in [2.05, 4.69) is 15.7 Å². The monoisotopic (exact) mass is 411 g/mol. The molecule has 29 heavy (non-hydrogen) atoms. The van der Waals surface area contributed by atoms with E-state index >= 15 is 0 Å². The molecule has 0 spiro atoms. The SMILES string of the molecule is COc1ccc(ONC(=O)C2CCC2)c(-c2ccc(Oc3nncs3)c(C)c2)c1. The van der Waals surface area contributed by atoms with Gasteiger partial charge in [0.1, 0.15) is 17.0 Å². The van der Waals surface area contributed by atoms with Crippen LogP contribution < -0.4 is 19.8 Å². The molecule has 1 aliphatic carbocycles. The van der Waals surface area contributed by atoms with Crippen LogP contribution in [0.5, 0.6) is 22.4 Å². The first-order valence-corrected chi connectivity index (χ1v) is 10.2. The fraction of sp³-hybridized carbons (Fsp3) is 0.286. The number of methoxy groups -OCH3 is 1. The van der Waals surface area contributed by atoms with Gasteiger partial charge in [-0.15, -0.1) is 5.10 Å². The molecule has 2 aromatic carbocycles. The van der Waals surface area contributed by atoms with Crippen molar-refractivity contribution in [3.05, 3.63) is 47.5 Å². The third kappa shape index (κ3) is 4.32. The van der Waals surface area contributed by atoms with Crippen LogP contribution in [-0.4, -0.2) is 23.2 Å². The maximum atomic E-state index is 12.1. The summed E-state index contributed by atoms with van der Waals surface area (Å²) < 4.78 is 11.1. The number of nitrogens with one attached hydrogen (secondary N) is 1. The highest BCUT2D eigenvalue weighted by atomic mass is 32.1. The van der Waals surface area contributed by atoms with Crippen LogP contribution in [0.1, 0.15) is 24.8 Å². The number of hydrogen-bond donors (Lipinski definition) is 1. The zero-order chi connectivity index (χ0) is 20.2. The van der Waals surface area contributed by atoms with Gasteiger partial charge in [-0.2, -0.15) is 5.48 Å². The molecule has 4 rings (SSSR count). The molecular formula is C21H21N3O4S. The molecule has 1 N–H and O–H groups in total. The first kappa shape index (κ1) is 19.2. The third-order valence-electron chi connectivity index (χ3n) is 4.95. The van der Waals surface area contributed by atoms with E-state index in [9.17, 15) is 4.79 Å². The molecule has 3 aromatic rings. The van der Waals surface area contributed by atoms with Gasteiger partial charge >= 0.3 is 0 Å². The van der Waals surface area contributed by atoms with Crippen LogP contribution in [0, 0.1) is 12.8 Å². The molecule has 1 aromatic heterocycles. The van der Waals surface area contributed by atoms with Crippen molar-refractivity contribution in [1.82, 2.24) is 15.7 Å². The lowest BCUT2D eigenvalue weighted by molar-refractivity contribution is -0.134. The van der Waals surface area contributed by atoms with Gasteiger partial charge in [-0.25, -0.2) is 0 Å². The first-order valence-electron chi connectivity index (χ1n) is 9.34. The highest BCUT2D eigenvalue weighted by Crippen LogP contribution is 2.36. The summed E-state index contributed by atoms with van der Waals surface area (Å²) in [6, 6.07) is 11.3. The van der Waals surface area contributed by atoms with Gasteiger partial charge in [0.15, 0.2) is 5.75 Å². The number of aromatic nitrogens is 2. The lowest BCUT2D eigenvalue weighted by Crippen LogP contribution is -2.36. The molecule has 150 valence electrons. The molecule has 7 nitrogen and oxygen atoms in total. The average Bonchev–Trinajstić information content (AvgIpc) is 3.19. The summed E-state index contributed by atoms with van der Waals surface area (Å²) >= 11 is 1.33. The molecule has 0 unspecified atom stereocenters. The summed E-state index contributed by atoms with van der Waals surface area (Å²) in [7, 11) is 1.61. The summed E-state index contributed by atoms with van der Waals surface area (Å²) in [6.45, 7) is 1.96. The van der Waals surface area contributed by atoms with Crippen molar-refractivity contribution in [2.45, 2.75) is 26.2 Å². The number of carbonyl (C=O) groups excluding carboxylic acids is 1. The summed E-state index contributed by atoms with van der Waals surface area (Å²) in [6.07, 6.45) is 2.93. The Kier molecular flexibility index (Phi) is 5.62. The Bertz CT molecular complexity index is 1000. The second kappa shape index (κ2) is 8.48. The van der Waals surface area contributed by atoms with Gasteiger partial charge < -0.3 is 14.3 Å². The van der Waals surface area contributed by atoms with Gasteiger partial charge in [0.05, 0.1) is 7.11 Å². The zero-order valence-corrected chi connectivity index (χ0v) is 17.0. The van der Waals surface area contributed by atoms with Gasteiger partial charge in [0, 0.05) is 11.5 Å². The molecular weight excluding hydrogens is 390 g/mol. The lowest BCUT2D eigenvalue weighted by atomic mass is 9.85. The van der Waals surface area contributed by atoms with E-state index in [4.69, 9.17) is 14.3 Å². The highest BCUT2D eigenvalue weighted by molar-refractivity contribution is 7.11. The standard InChI is InChI=1S/C21H21N3O4S/c1-13-10-15(6-8-18(13)27-21-23-22-12-29-21)17-11-16(26-2)7-9-19(17)28-24-20(25)14-4-3-5-14/h6-12,14H,3-5H2,1-2H3,(H,24,25). The number of amides is 1. The normalized spacial score (nSPS) is 13.4. The van der Waals surface area contributed by atoms with E-state index in [1.807, 2.05) is 31.2 Å². The Morgan fingerprint density at radius 1 is 1.17 bits per heavy atom. The second-order valence-electron chi connectivity index (χ2n) is 6.85. The quantitative estimate of drug-likeness (QED) is 0.576. The number of hydroxylamine groups is 1. The maximum Gasteiger partial charge on any atom is 0.299 e. The van der Waals surface area contributed by atoms with Gasteiger partial charge in [-0.3, -0.25) is 4.79 Å². The fourth-order valence-corrected chi connectivity index (χ4v) is 3.46. The number of hydrogen-bond acceptors (Lipinski definition) is 7. The Morgan fingerprint density at radius 2 is 2.00 bits per heavy atom. The second-order valence-corrected chi connectivity index (χ2v) is 7.64. The minimum Gasteiger partial charge on any atom is -0.497 e. The van der Waals surface area contributed by atoms with Crippen LogP contribution in [0.25, 0.3) is 11.1 Å². The minimum atomic E-state index is -0.0741. The summed E-state index contributed by atoms with van der Waals surface area (Å²) in [4.78, 5) is 17.8. The molecule has 0 bridgehead atoms. The number of aryl methyl sites for hydroxylation is 1. The van der Waals surface area contributed by atoms with Crippen molar-refractivity contribution in [3.8, 4) is 33.6 Å². The van der Waals surface area contributed by atoms with Gasteiger partial charge in [-0.1, -0.05) is 28.9 Å². The van der Waals surface area contributed by atoms with E-state index in [1.54, 1.807) is 24.8 Å². The molecule has 1 fully saturated rings. The predicted molar refractivity (Wildman–Crippen MR) is 109 cm³/mol. The zero-order valence-electron chi connectivity index (χ0n) is 16.2. The van der Waals surface area contributed by atoms with Gasteiger partial charge in [0.2, 0.25) is 0 Å². The Labute approximate surface area is 172 Å². The van der Waals surface area contributed by atoms with Crippen molar-refractivity contribution < 1.29 is 19.1 Å². The summed E-state index contributed by atoms with van der Waals surface area (Å²) in [5.41, 5.74) is 6.87. The van der Waals surface area contributed by atoms with Crippen molar-refractivity contribution in [3.63, 3.8) is 0 Å². The number of carbonyl (C=O) groups is 1. The van der Waals surface area contributed by atoms with E-state index in [-0.39, 0.29) is 11.8 Å². The molecule has 0 atom stereocenters. The molecule has 1 heterocycles. The van der Waals surface area contributed by atoms with Crippen molar-refractivity contribution in [1.29, 1.82) is 0 Å². The lowest BCUT2D eigenvalue weighted by Gasteiger charge is -2.24. The Morgan fingerprint density at radius 3 is 2.66 bits per heavy atom. The molecule has 1 aliphatic rings. The van der Waals surface area contributed by atoms with Crippen LogP contribution in [-0.2, 0) is 4.79 Å². The Balaban J connectivity index is 1.58. The smallest absolute Gasteiger partial charge is 0.299 e. The molecule has 1 amide bonds. The Hall–Kier alpha value is -3.13. The molecule has 0 radical (unpaired) electrons. The average molecular weight is 411 g/mol. The van der Waals surface area contributed by atoms with E-state index in [0.717, 1.165) is 36.0 Å². The minimum absolute atomic E-state index is 0.0516. The largest absolute Gasteiger partial charge is 0.497 e.